The summed E-state index contributed by atoms with van der Waals surface area (Å²) in [6.07, 6.45) is -0.376. The molecule has 1 saturated heterocycles. The highest BCUT2D eigenvalue weighted by Gasteiger charge is 2.34. The maximum Gasteiger partial charge on any atom is 0.414 e. The molecular formula is C11H12N2O4. The Hall–Kier alpha value is -1.95. The van der Waals surface area contributed by atoms with E-state index in [1.807, 2.05) is 0 Å². The smallest absolute Gasteiger partial charge is 0.414 e. The van der Waals surface area contributed by atoms with Gasteiger partial charge in [0.2, 0.25) is 6.79 Å². The van der Waals surface area contributed by atoms with Crippen molar-refractivity contribution in [1.29, 1.82) is 0 Å². The van der Waals surface area contributed by atoms with Crippen LogP contribution in [0.3, 0.4) is 0 Å². The zero-order valence-electron chi connectivity index (χ0n) is 9.09. The van der Waals surface area contributed by atoms with E-state index >= 15 is 0 Å². The second-order valence-electron chi connectivity index (χ2n) is 3.87. The lowest BCUT2D eigenvalue weighted by atomic mass is 10.2. The molecule has 0 saturated carbocycles. The standard InChI is InChI=1S/C11H12N2O4/c12-4-8-5-15-11(14)13(8)7-1-2-9-10(3-7)17-6-16-9/h1-3,8H,4-6,12H2. The highest BCUT2D eigenvalue weighted by atomic mass is 16.7. The molecule has 1 aromatic rings. The summed E-state index contributed by atoms with van der Waals surface area (Å²) < 4.78 is 15.5. The average molecular weight is 236 g/mol. The highest BCUT2D eigenvalue weighted by molar-refractivity contribution is 5.90. The zero-order chi connectivity index (χ0) is 11.8. The lowest BCUT2D eigenvalue weighted by Crippen LogP contribution is -2.38. The Morgan fingerprint density at radius 2 is 2.12 bits per heavy atom. The van der Waals surface area contributed by atoms with Gasteiger partial charge in [-0.15, -0.1) is 0 Å². The molecule has 90 valence electrons. The number of nitrogens with zero attached hydrogens (tertiary/aromatic N) is 1. The van der Waals surface area contributed by atoms with Crippen LogP contribution in [0.1, 0.15) is 0 Å². The molecule has 0 bridgehead atoms. The molecule has 0 radical (unpaired) electrons. The number of anilines is 1. The summed E-state index contributed by atoms with van der Waals surface area (Å²) in [5, 5.41) is 0. The van der Waals surface area contributed by atoms with Gasteiger partial charge in [-0.2, -0.15) is 0 Å². The molecule has 1 amide bonds. The lowest BCUT2D eigenvalue weighted by Gasteiger charge is -2.20. The van der Waals surface area contributed by atoms with Gasteiger partial charge in [-0.05, 0) is 12.1 Å². The van der Waals surface area contributed by atoms with Crippen molar-refractivity contribution in [3.05, 3.63) is 18.2 Å². The van der Waals surface area contributed by atoms with Crippen molar-refractivity contribution in [1.82, 2.24) is 0 Å². The summed E-state index contributed by atoms with van der Waals surface area (Å²) in [6.45, 7) is 0.896. The molecule has 2 heterocycles. The van der Waals surface area contributed by atoms with Crippen molar-refractivity contribution >= 4 is 11.8 Å². The van der Waals surface area contributed by atoms with Crippen molar-refractivity contribution in [3.63, 3.8) is 0 Å². The third-order valence-electron chi connectivity index (χ3n) is 2.87. The number of carbonyl (C=O) groups excluding carboxylic acids is 1. The molecule has 1 atom stereocenters. The molecule has 2 N–H and O–H groups in total. The summed E-state index contributed by atoms with van der Waals surface area (Å²) in [6, 6.07) is 5.21. The van der Waals surface area contributed by atoms with Crippen molar-refractivity contribution in [2.75, 3.05) is 24.8 Å². The van der Waals surface area contributed by atoms with Gasteiger partial charge in [-0.1, -0.05) is 0 Å². The van der Waals surface area contributed by atoms with Gasteiger partial charge in [0, 0.05) is 12.6 Å². The summed E-state index contributed by atoms with van der Waals surface area (Å²) in [5.74, 6) is 1.32. The molecule has 1 aromatic carbocycles. The minimum atomic E-state index is -0.376. The van der Waals surface area contributed by atoms with Crippen LogP contribution in [-0.2, 0) is 4.74 Å². The van der Waals surface area contributed by atoms with E-state index in [2.05, 4.69) is 0 Å². The second-order valence-corrected chi connectivity index (χ2v) is 3.87. The van der Waals surface area contributed by atoms with E-state index in [9.17, 15) is 4.79 Å². The van der Waals surface area contributed by atoms with Crippen LogP contribution in [0.2, 0.25) is 0 Å². The van der Waals surface area contributed by atoms with E-state index in [0.29, 0.717) is 30.3 Å². The van der Waals surface area contributed by atoms with Crippen LogP contribution in [0.5, 0.6) is 11.5 Å². The normalized spacial score (nSPS) is 21.8. The van der Waals surface area contributed by atoms with E-state index in [1.54, 1.807) is 23.1 Å². The van der Waals surface area contributed by atoms with E-state index in [0.717, 1.165) is 0 Å². The molecule has 6 nitrogen and oxygen atoms in total. The Morgan fingerprint density at radius 1 is 1.29 bits per heavy atom. The molecule has 1 fully saturated rings. The summed E-state index contributed by atoms with van der Waals surface area (Å²) in [7, 11) is 0. The second kappa shape index (κ2) is 3.81. The SMILES string of the molecule is NCC1COC(=O)N1c1ccc2c(c1)OCO2. The maximum absolute atomic E-state index is 11.6. The Bertz CT molecular complexity index is 463. The minimum Gasteiger partial charge on any atom is -0.454 e. The monoisotopic (exact) mass is 236 g/mol. The van der Waals surface area contributed by atoms with E-state index in [4.69, 9.17) is 19.9 Å². The number of fused-ring (bicyclic) bond motifs is 1. The fourth-order valence-electron chi connectivity index (χ4n) is 1.99. The molecule has 2 aliphatic rings. The Morgan fingerprint density at radius 3 is 2.94 bits per heavy atom. The predicted molar refractivity (Wildman–Crippen MR) is 59.2 cm³/mol. The van der Waals surface area contributed by atoms with Crippen molar-refractivity contribution in [2.45, 2.75) is 6.04 Å². The Labute approximate surface area is 97.8 Å². The first kappa shape index (κ1) is 10.2. The van der Waals surface area contributed by atoms with Crippen LogP contribution in [0.25, 0.3) is 0 Å². The fraction of sp³-hybridized carbons (Fsp3) is 0.364. The third-order valence-corrected chi connectivity index (χ3v) is 2.87. The van der Waals surface area contributed by atoms with Gasteiger partial charge in [0.05, 0.1) is 11.7 Å². The number of benzene rings is 1. The van der Waals surface area contributed by atoms with Crippen LogP contribution in [-0.4, -0.2) is 32.1 Å². The average Bonchev–Trinajstić information content (AvgIpc) is 2.93. The summed E-state index contributed by atoms with van der Waals surface area (Å²) >= 11 is 0. The Kier molecular flexibility index (Phi) is 2.29. The zero-order valence-corrected chi connectivity index (χ0v) is 9.09. The van der Waals surface area contributed by atoms with Gasteiger partial charge < -0.3 is 19.9 Å². The number of rotatable bonds is 2. The molecule has 17 heavy (non-hydrogen) atoms. The van der Waals surface area contributed by atoms with E-state index < -0.39 is 0 Å². The van der Waals surface area contributed by atoms with Gasteiger partial charge in [0.15, 0.2) is 11.5 Å². The molecule has 3 rings (SSSR count). The number of hydrogen-bond donors (Lipinski definition) is 1. The summed E-state index contributed by atoms with van der Waals surface area (Å²) in [4.78, 5) is 13.2. The van der Waals surface area contributed by atoms with Gasteiger partial charge in [-0.25, -0.2) is 4.79 Å². The number of carbonyl (C=O) groups is 1. The fourth-order valence-corrected chi connectivity index (χ4v) is 1.99. The van der Waals surface area contributed by atoms with Gasteiger partial charge >= 0.3 is 6.09 Å². The largest absolute Gasteiger partial charge is 0.454 e. The summed E-state index contributed by atoms with van der Waals surface area (Å²) in [5.41, 5.74) is 6.32. The van der Waals surface area contributed by atoms with Crippen LogP contribution in [0.15, 0.2) is 18.2 Å². The molecule has 0 spiro atoms. The third kappa shape index (κ3) is 1.57. The quantitative estimate of drug-likeness (QED) is 0.818. The van der Waals surface area contributed by atoms with Gasteiger partial charge in [0.1, 0.15) is 6.61 Å². The molecule has 6 heteroatoms. The predicted octanol–water partition coefficient (Wildman–Crippen LogP) is 0.699. The molecule has 0 aliphatic carbocycles. The van der Waals surface area contributed by atoms with Crippen LogP contribution < -0.4 is 20.1 Å². The first-order chi connectivity index (χ1) is 8.29. The van der Waals surface area contributed by atoms with Crippen molar-refractivity contribution in [3.8, 4) is 11.5 Å². The van der Waals surface area contributed by atoms with Gasteiger partial charge in [-0.3, -0.25) is 4.90 Å². The first-order valence-corrected chi connectivity index (χ1v) is 5.35. The molecule has 0 aromatic heterocycles. The van der Waals surface area contributed by atoms with Gasteiger partial charge in [0.25, 0.3) is 0 Å². The number of hydrogen-bond acceptors (Lipinski definition) is 5. The maximum atomic E-state index is 11.6. The molecule has 2 aliphatic heterocycles. The lowest BCUT2D eigenvalue weighted by molar-refractivity contribution is 0.174. The van der Waals surface area contributed by atoms with Crippen molar-refractivity contribution < 1.29 is 19.0 Å². The topological polar surface area (TPSA) is 74.0 Å². The number of nitrogens with two attached hydrogens (primary N) is 1. The van der Waals surface area contributed by atoms with E-state index in [-0.39, 0.29) is 18.9 Å². The first-order valence-electron chi connectivity index (χ1n) is 5.35. The van der Waals surface area contributed by atoms with Crippen LogP contribution in [0.4, 0.5) is 10.5 Å². The van der Waals surface area contributed by atoms with Crippen LogP contribution >= 0.6 is 0 Å². The number of amides is 1. The minimum absolute atomic E-state index is 0.122. The molecular weight excluding hydrogens is 224 g/mol. The molecule has 1 unspecified atom stereocenters. The number of cyclic esters (lactones) is 1. The van der Waals surface area contributed by atoms with Crippen molar-refractivity contribution in [2.24, 2.45) is 5.73 Å². The highest BCUT2D eigenvalue weighted by Crippen LogP contribution is 2.36. The Balaban J connectivity index is 1.95. The van der Waals surface area contributed by atoms with E-state index in [1.165, 1.54) is 0 Å². The van der Waals surface area contributed by atoms with Crippen LogP contribution in [0, 0.1) is 0 Å². The number of ether oxygens (including phenoxy) is 3.